The summed E-state index contributed by atoms with van der Waals surface area (Å²) >= 11 is 3.52. The maximum atomic E-state index is 13.0. The number of hydrogen-bond acceptors (Lipinski definition) is 4. The van der Waals surface area contributed by atoms with Gasteiger partial charge in [-0.15, -0.1) is 4.40 Å². The highest BCUT2D eigenvalue weighted by Crippen LogP contribution is 2.33. The van der Waals surface area contributed by atoms with Gasteiger partial charge in [0.15, 0.2) is 0 Å². The van der Waals surface area contributed by atoms with E-state index in [1.807, 2.05) is 37.8 Å². The van der Waals surface area contributed by atoms with Gasteiger partial charge in [-0.1, -0.05) is 36.7 Å². The number of anilines is 2. The van der Waals surface area contributed by atoms with Gasteiger partial charge in [0.05, 0.1) is 5.69 Å². The number of carbonyl (C=O) groups is 1. The number of hydrogen-bond donors (Lipinski definition) is 1. The molecule has 1 amide bonds. The number of rotatable bonds is 6. The van der Waals surface area contributed by atoms with Crippen LogP contribution in [0.5, 0.6) is 0 Å². The van der Waals surface area contributed by atoms with Crippen LogP contribution in [0.1, 0.15) is 55.6 Å². The molecular weight excluding hydrogens is 466 g/mol. The first-order chi connectivity index (χ1) is 14.2. The summed E-state index contributed by atoms with van der Waals surface area (Å²) < 4.78 is 30.2. The highest BCUT2D eigenvalue weighted by atomic mass is 79.9. The van der Waals surface area contributed by atoms with E-state index in [1.54, 1.807) is 19.1 Å². The van der Waals surface area contributed by atoms with Crippen LogP contribution < -0.4 is 10.2 Å². The van der Waals surface area contributed by atoms with Gasteiger partial charge < -0.3 is 10.2 Å². The van der Waals surface area contributed by atoms with E-state index in [9.17, 15) is 13.2 Å². The molecule has 1 heterocycles. The molecule has 0 aliphatic carbocycles. The summed E-state index contributed by atoms with van der Waals surface area (Å²) in [6.07, 6.45) is 2.37. The average molecular weight is 492 g/mol. The Morgan fingerprint density at radius 2 is 1.73 bits per heavy atom. The maximum absolute atomic E-state index is 13.0. The number of amides is 1. The lowest BCUT2D eigenvalue weighted by Gasteiger charge is -2.29. The molecule has 1 aliphatic heterocycles. The lowest BCUT2D eigenvalue weighted by molar-refractivity contribution is 0.102. The summed E-state index contributed by atoms with van der Waals surface area (Å²) in [6, 6.07) is 8.77. The zero-order chi connectivity index (χ0) is 22.1. The number of amidine groups is 1. The average Bonchev–Trinajstić information content (AvgIpc) is 2.71. The van der Waals surface area contributed by atoms with Gasteiger partial charge in [0.25, 0.3) is 15.9 Å². The van der Waals surface area contributed by atoms with E-state index >= 15 is 0 Å². The third-order valence-electron chi connectivity index (χ3n) is 5.15. The molecule has 0 fully saturated rings. The second kappa shape index (κ2) is 8.89. The predicted molar refractivity (Wildman–Crippen MR) is 125 cm³/mol. The van der Waals surface area contributed by atoms with Gasteiger partial charge in [0.1, 0.15) is 10.7 Å². The van der Waals surface area contributed by atoms with E-state index < -0.39 is 10.0 Å². The fourth-order valence-corrected chi connectivity index (χ4v) is 5.48. The van der Waals surface area contributed by atoms with Crippen LogP contribution in [0.2, 0.25) is 0 Å². The van der Waals surface area contributed by atoms with E-state index in [1.165, 1.54) is 6.07 Å². The molecule has 2 aromatic carbocycles. The van der Waals surface area contributed by atoms with Crippen molar-refractivity contribution in [3.05, 3.63) is 51.5 Å². The molecule has 30 heavy (non-hydrogen) atoms. The minimum atomic E-state index is -3.84. The molecule has 0 saturated carbocycles. The van der Waals surface area contributed by atoms with Crippen molar-refractivity contribution in [1.29, 1.82) is 0 Å². The van der Waals surface area contributed by atoms with Crippen LogP contribution in [0.15, 0.2) is 44.1 Å². The maximum Gasteiger partial charge on any atom is 0.286 e. The molecule has 0 radical (unpaired) electrons. The highest BCUT2D eigenvalue weighted by Gasteiger charge is 2.29. The van der Waals surface area contributed by atoms with Crippen molar-refractivity contribution in [2.24, 2.45) is 4.40 Å². The van der Waals surface area contributed by atoms with E-state index in [4.69, 9.17) is 0 Å². The van der Waals surface area contributed by atoms with Gasteiger partial charge in [-0.3, -0.25) is 4.79 Å². The van der Waals surface area contributed by atoms with Crippen molar-refractivity contribution in [1.82, 2.24) is 0 Å². The molecule has 0 atom stereocenters. The minimum absolute atomic E-state index is 0.0661. The smallest absolute Gasteiger partial charge is 0.286 e. The fourth-order valence-electron chi connectivity index (χ4n) is 3.67. The van der Waals surface area contributed by atoms with Crippen molar-refractivity contribution >= 4 is 49.1 Å². The number of aryl methyl sites for hydroxylation is 2. The summed E-state index contributed by atoms with van der Waals surface area (Å²) in [6.45, 7) is 8.42. The fraction of sp³-hybridized carbons (Fsp3) is 0.364. The molecule has 1 aliphatic rings. The van der Waals surface area contributed by atoms with E-state index in [0.29, 0.717) is 18.1 Å². The zero-order valence-electron chi connectivity index (χ0n) is 17.6. The summed E-state index contributed by atoms with van der Waals surface area (Å²) in [5.74, 6) is 0.102. The monoisotopic (exact) mass is 491 g/mol. The summed E-state index contributed by atoms with van der Waals surface area (Å²) in [4.78, 5) is 15.0. The molecule has 0 aromatic heterocycles. The van der Waals surface area contributed by atoms with Crippen molar-refractivity contribution in [2.45, 2.75) is 51.9 Å². The Hall–Kier alpha value is -2.19. The molecule has 0 saturated heterocycles. The lowest BCUT2D eigenvalue weighted by Crippen LogP contribution is -2.34. The zero-order valence-corrected chi connectivity index (χ0v) is 20.0. The van der Waals surface area contributed by atoms with Crippen LogP contribution in [0.25, 0.3) is 0 Å². The first-order valence-corrected chi connectivity index (χ1v) is 12.3. The number of carbonyl (C=O) groups excluding carboxylic acids is 1. The first kappa shape index (κ1) is 22.5. The summed E-state index contributed by atoms with van der Waals surface area (Å²) in [7, 11) is -3.84. The van der Waals surface area contributed by atoms with Crippen molar-refractivity contribution in [3.8, 4) is 0 Å². The normalized spacial score (nSPS) is 14.8. The largest absolute Gasteiger partial charge is 0.328 e. The van der Waals surface area contributed by atoms with E-state index in [0.717, 1.165) is 40.5 Å². The van der Waals surface area contributed by atoms with Gasteiger partial charge >= 0.3 is 0 Å². The van der Waals surface area contributed by atoms with Crippen LogP contribution >= 0.6 is 15.9 Å². The standard InChI is InChI=1S/C22H26BrN3O3S/c1-5-10-26-14(4)25-30(28,29)20-13-17(8-9-19(20)26)22(27)24-21-15(6-2)11-18(23)12-16(21)7-3/h8-9,11-13H,5-7,10H2,1-4H3,(H,24,27). The molecule has 6 nitrogen and oxygen atoms in total. The first-order valence-electron chi connectivity index (χ1n) is 10.1. The van der Waals surface area contributed by atoms with Crippen molar-refractivity contribution < 1.29 is 13.2 Å². The Kier molecular flexibility index (Phi) is 6.67. The number of fused-ring (bicyclic) bond motifs is 1. The molecule has 160 valence electrons. The van der Waals surface area contributed by atoms with Gasteiger partial charge in [-0.2, -0.15) is 8.42 Å². The predicted octanol–water partition coefficient (Wildman–Crippen LogP) is 5.16. The van der Waals surface area contributed by atoms with Gasteiger partial charge in [0, 0.05) is 22.3 Å². The highest BCUT2D eigenvalue weighted by molar-refractivity contribution is 9.10. The number of nitrogens with zero attached hydrogens (tertiary/aromatic N) is 2. The van der Waals surface area contributed by atoms with Crippen molar-refractivity contribution in [2.75, 3.05) is 16.8 Å². The Balaban J connectivity index is 2.01. The minimum Gasteiger partial charge on any atom is -0.328 e. The third-order valence-corrected chi connectivity index (χ3v) is 6.99. The van der Waals surface area contributed by atoms with E-state index in [-0.39, 0.29) is 16.4 Å². The van der Waals surface area contributed by atoms with E-state index in [2.05, 4.69) is 25.6 Å². The number of halogens is 1. The van der Waals surface area contributed by atoms with Crippen molar-refractivity contribution in [3.63, 3.8) is 0 Å². The number of benzene rings is 2. The third kappa shape index (κ3) is 4.30. The Labute approximate surface area is 186 Å². The van der Waals surface area contributed by atoms with Crippen LogP contribution in [0.4, 0.5) is 11.4 Å². The van der Waals surface area contributed by atoms with Crippen LogP contribution in [0.3, 0.4) is 0 Å². The van der Waals surface area contributed by atoms with Crippen LogP contribution in [0, 0.1) is 0 Å². The lowest BCUT2D eigenvalue weighted by atomic mass is 10.0. The van der Waals surface area contributed by atoms with Gasteiger partial charge in [0.2, 0.25) is 0 Å². The quantitative estimate of drug-likeness (QED) is 0.604. The summed E-state index contributed by atoms with van der Waals surface area (Å²) in [5.41, 5.74) is 3.68. The second-order valence-electron chi connectivity index (χ2n) is 7.21. The SMILES string of the molecule is CCCN1C(C)=NS(=O)(=O)c2cc(C(=O)Nc3c(CC)cc(Br)cc3CC)ccc21. The Bertz CT molecular complexity index is 1100. The molecule has 0 spiro atoms. The number of sulfonamides is 1. The van der Waals surface area contributed by atoms with Crippen LogP contribution in [-0.2, 0) is 22.9 Å². The van der Waals surface area contributed by atoms with Gasteiger partial charge in [-0.05, 0) is 67.6 Å². The molecule has 2 aromatic rings. The van der Waals surface area contributed by atoms with Crippen LogP contribution in [-0.4, -0.2) is 26.7 Å². The Morgan fingerprint density at radius 1 is 1.10 bits per heavy atom. The Morgan fingerprint density at radius 3 is 2.30 bits per heavy atom. The molecule has 3 rings (SSSR count). The molecular formula is C22H26BrN3O3S. The van der Waals surface area contributed by atoms with Gasteiger partial charge in [-0.25, -0.2) is 0 Å². The topological polar surface area (TPSA) is 78.8 Å². The molecule has 0 bridgehead atoms. The summed E-state index contributed by atoms with van der Waals surface area (Å²) in [5, 5.41) is 3.00. The number of nitrogens with one attached hydrogen (secondary N) is 1. The second-order valence-corrected chi connectivity index (χ2v) is 9.70. The molecule has 0 unspecified atom stereocenters. The molecule has 8 heteroatoms. The molecule has 1 N–H and O–H groups in total.